The monoisotopic (exact) mass is 496 g/mol. The molecule has 1 aliphatic rings. The minimum Gasteiger partial charge on any atom is -0.492 e. The molecule has 8 heteroatoms. The number of hydrogen-bond donors (Lipinski definition) is 1. The first-order valence-electron chi connectivity index (χ1n) is 11.8. The van der Waals surface area contributed by atoms with Gasteiger partial charge in [0.15, 0.2) is 0 Å². The van der Waals surface area contributed by atoms with Crippen molar-refractivity contribution in [2.24, 2.45) is 0 Å². The highest BCUT2D eigenvalue weighted by atomic mass is 35.5. The number of nitrogens with one attached hydrogen (secondary N) is 1. The molecule has 0 unspecified atom stereocenters. The Hall–Kier alpha value is -2.92. The van der Waals surface area contributed by atoms with Crippen molar-refractivity contribution >= 4 is 34.0 Å². The largest absolute Gasteiger partial charge is 0.492 e. The maximum Gasteiger partial charge on any atom is 0.141 e. The van der Waals surface area contributed by atoms with E-state index in [4.69, 9.17) is 21.1 Å². The van der Waals surface area contributed by atoms with Crippen molar-refractivity contribution in [1.29, 1.82) is 0 Å². The summed E-state index contributed by atoms with van der Waals surface area (Å²) in [6.07, 6.45) is 3.80. The normalized spacial score (nSPS) is 15.0. The number of piperidine rings is 1. The van der Waals surface area contributed by atoms with Crippen molar-refractivity contribution in [3.05, 3.63) is 53.1 Å². The number of likely N-dealkylation sites (tertiary alicyclic amines) is 1. The lowest BCUT2D eigenvalue weighted by Crippen LogP contribution is -2.48. The second-order valence-corrected chi connectivity index (χ2v) is 9.41. The summed E-state index contributed by atoms with van der Waals surface area (Å²) in [5.74, 6) is 7.59. The summed E-state index contributed by atoms with van der Waals surface area (Å²) in [4.78, 5) is 11.2. The van der Waals surface area contributed by atoms with E-state index in [1.54, 1.807) is 13.2 Å². The van der Waals surface area contributed by atoms with E-state index in [1.807, 2.05) is 19.1 Å². The van der Waals surface area contributed by atoms with Crippen molar-refractivity contribution in [3.63, 3.8) is 0 Å². The summed E-state index contributed by atoms with van der Waals surface area (Å²) in [6, 6.07) is 8.27. The van der Waals surface area contributed by atoms with Crippen molar-refractivity contribution in [2.75, 3.05) is 32.1 Å². The van der Waals surface area contributed by atoms with Crippen LogP contribution in [0.3, 0.4) is 0 Å². The van der Waals surface area contributed by atoms with Gasteiger partial charge in [0.2, 0.25) is 0 Å². The van der Waals surface area contributed by atoms with Crippen LogP contribution >= 0.6 is 11.6 Å². The third kappa shape index (κ3) is 5.84. The molecule has 0 aliphatic carbocycles. The van der Waals surface area contributed by atoms with E-state index in [-0.39, 0.29) is 10.6 Å². The van der Waals surface area contributed by atoms with Gasteiger partial charge in [-0.15, -0.1) is 0 Å². The highest BCUT2D eigenvalue weighted by Crippen LogP contribution is 2.31. The van der Waals surface area contributed by atoms with E-state index < -0.39 is 5.82 Å². The fourth-order valence-corrected chi connectivity index (χ4v) is 4.40. The van der Waals surface area contributed by atoms with Gasteiger partial charge in [0.25, 0.3) is 0 Å². The maximum absolute atomic E-state index is 13.6. The van der Waals surface area contributed by atoms with Gasteiger partial charge in [0, 0.05) is 37.3 Å². The third-order valence-electron chi connectivity index (χ3n) is 6.29. The Morgan fingerprint density at radius 1 is 1.20 bits per heavy atom. The van der Waals surface area contributed by atoms with Crippen molar-refractivity contribution in [2.45, 2.75) is 45.3 Å². The van der Waals surface area contributed by atoms with Gasteiger partial charge in [0.05, 0.1) is 34.4 Å². The lowest BCUT2D eigenvalue weighted by atomic mass is 9.97. The van der Waals surface area contributed by atoms with Crippen LogP contribution in [-0.4, -0.2) is 53.3 Å². The molecule has 0 amide bonds. The Morgan fingerprint density at radius 3 is 2.66 bits per heavy atom. The number of hydrogen-bond acceptors (Lipinski definition) is 6. The van der Waals surface area contributed by atoms with E-state index in [0.717, 1.165) is 36.9 Å². The van der Waals surface area contributed by atoms with Crippen LogP contribution in [-0.2, 0) is 4.74 Å². The molecule has 0 spiro atoms. The van der Waals surface area contributed by atoms with Crippen molar-refractivity contribution in [1.82, 2.24) is 14.9 Å². The van der Waals surface area contributed by atoms with Gasteiger partial charge >= 0.3 is 0 Å². The van der Waals surface area contributed by atoms with Crippen LogP contribution in [0.15, 0.2) is 36.7 Å². The summed E-state index contributed by atoms with van der Waals surface area (Å²) < 4.78 is 25.0. The molecule has 0 saturated carbocycles. The summed E-state index contributed by atoms with van der Waals surface area (Å²) in [5.41, 5.74) is 1.79. The molecule has 1 fully saturated rings. The first kappa shape index (κ1) is 25.2. The Labute approximate surface area is 210 Å². The number of aromatic nitrogens is 2. The second kappa shape index (κ2) is 10.8. The molecule has 1 aromatic heterocycles. The highest BCUT2D eigenvalue weighted by molar-refractivity contribution is 6.31. The molecule has 0 bridgehead atoms. The van der Waals surface area contributed by atoms with Crippen LogP contribution in [0.2, 0.25) is 5.02 Å². The molecule has 1 N–H and O–H groups in total. The summed E-state index contributed by atoms with van der Waals surface area (Å²) in [7, 11) is 1.78. The number of methoxy groups -OCH3 is 1. The van der Waals surface area contributed by atoms with Gasteiger partial charge in [-0.25, -0.2) is 14.4 Å². The zero-order valence-electron chi connectivity index (χ0n) is 20.5. The summed E-state index contributed by atoms with van der Waals surface area (Å²) >= 11 is 5.95. The lowest BCUT2D eigenvalue weighted by molar-refractivity contribution is 0.0205. The topological polar surface area (TPSA) is 59.5 Å². The van der Waals surface area contributed by atoms with Crippen LogP contribution in [0.4, 0.5) is 15.9 Å². The third-order valence-corrected chi connectivity index (χ3v) is 6.58. The van der Waals surface area contributed by atoms with Crippen LogP contribution < -0.4 is 10.1 Å². The number of rotatable bonds is 6. The maximum atomic E-state index is 13.6. The van der Waals surface area contributed by atoms with Crippen LogP contribution in [0.5, 0.6) is 5.75 Å². The highest BCUT2D eigenvalue weighted by Gasteiger charge is 2.29. The van der Waals surface area contributed by atoms with Gasteiger partial charge in [0.1, 0.15) is 23.7 Å². The average molecular weight is 497 g/mol. The molecule has 35 heavy (non-hydrogen) atoms. The molecule has 0 radical (unpaired) electrons. The van der Waals surface area contributed by atoms with Gasteiger partial charge in [-0.3, -0.25) is 4.90 Å². The first-order chi connectivity index (χ1) is 16.8. The summed E-state index contributed by atoms with van der Waals surface area (Å²) in [5, 5.41) is 4.03. The predicted octanol–water partition coefficient (Wildman–Crippen LogP) is 5.81. The molecule has 0 atom stereocenters. The van der Waals surface area contributed by atoms with Crippen LogP contribution in [0.25, 0.3) is 10.9 Å². The standard InChI is InChI=1S/C27H30ClFN4O2/c1-5-35-25-16-24-21(26(31-17-30-24)32-19-6-7-23(29)22(28)15-19)14-18(25)8-11-27(2,3)33-12-9-20(34-4)10-13-33/h6-7,14-17,20H,5,9-10,12-13H2,1-4H3,(H,30,31,32). The second-order valence-electron chi connectivity index (χ2n) is 9.01. The number of fused-ring (bicyclic) bond motifs is 1. The number of nitrogens with zero attached hydrogens (tertiary/aromatic N) is 3. The number of halogens is 2. The Bertz CT molecular complexity index is 1260. The van der Waals surface area contributed by atoms with Crippen LogP contribution in [0, 0.1) is 17.7 Å². The number of benzene rings is 2. The Morgan fingerprint density at radius 2 is 1.97 bits per heavy atom. The molecule has 2 heterocycles. The summed E-state index contributed by atoms with van der Waals surface area (Å²) in [6.45, 7) is 8.62. The zero-order valence-corrected chi connectivity index (χ0v) is 21.2. The fraction of sp³-hybridized carbons (Fsp3) is 0.407. The smallest absolute Gasteiger partial charge is 0.141 e. The van der Waals surface area contributed by atoms with Gasteiger partial charge in [-0.05, 0) is 57.9 Å². The Balaban J connectivity index is 1.68. The molecule has 184 valence electrons. The first-order valence-corrected chi connectivity index (χ1v) is 12.1. The SMILES string of the molecule is CCOc1cc2ncnc(Nc3ccc(F)c(Cl)c3)c2cc1C#CC(C)(C)N1CCC(OC)CC1. The molecule has 2 aromatic carbocycles. The molecule has 4 rings (SSSR count). The van der Waals surface area contributed by atoms with Gasteiger partial charge in [-0.1, -0.05) is 23.4 Å². The quantitative estimate of drug-likeness (QED) is 0.435. The van der Waals surface area contributed by atoms with E-state index in [9.17, 15) is 4.39 Å². The fourth-order valence-electron chi connectivity index (χ4n) is 4.22. The van der Waals surface area contributed by atoms with E-state index in [2.05, 4.69) is 45.9 Å². The molecular weight excluding hydrogens is 467 g/mol. The van der Waals surface area contributed by atoms with E-state index in [0.29, 0.717) is 35.5 Å². The van der Waals surface area contributed by atoms with Crippen molar-refractivity contribution < 1.29 is 13.9 Å². The zero-order chi connectivity index (χ0) is 25.0. The molecular formula is C27H30ClFN4O2. The average Bonchev–Trinajstić information content (AvgIpc) is 2.85. The number of anilines is 2. The molecule has 1 saturated heterocycles. The molecule has 3 aromatic rings. The minimum absolute atomic E-state index is 0.0373. The van der Waals surface area contributed by atoms with E-state index in [1.165, 1.54) is 18.5 Å². The number of ether oxygens (including phenoxy) is 2. The van der Waals surface area contributed by atoms with Crippen LogP contribution in [0.1, 0.15) is 39.2 Å². The predicted molar refractivity (Wildman–Crippen MR) is 138 cm³/mol. The van der Waals surface area contributed by atoms with Crippen molar-refractivity contribution in [3.8, 4) is 17.6 Å². The Kier molecular flexibility index (Phi) is 7.75. The minimum atomic E-state index is -0.474. The van der Waals surface area contributed by atoms with E-state index >= 15 is 0 Å². The van der Waals surface area contributed by atoms with Gasteiger partial charge in [-0.2, -0.15) is 0 Å². The molecule has 1 aliphatic heterocycles. The lowest BCUT2D eigenvalue weighted by Gasteiger charge is -2.39. The van der Waals surface area contributed by atoms with Gasteiger partial charge < -0.3 is 14.8 Å². The molecule has 6 nitrogen and oxygen atoms in total.